The van der Waals surface area contributed by atoms with Crippen molar-refractivity contribution in [1.29, 1.82) is 0 Å². The maximum Gasteiger partial charge on any atom is 0.277 e. The van der Waals surface area contributed by atoms with Crippen LogP contribution in [-0.2, 0) is 13.2 Å². The highest BCUT2D eigenvalue weighted by Gasteiger charge is 2.15. The molecule has 0 saturated carbocycles. The number of nitrogens with one attached hydrogen (secondary N) is 2. The SMILES string of the molecule is COc1cc(CNCCNC(=O)c2nonc2N)ccc1OCc1nnnn1-c1ccc(C)cc1.Cl. The second-order valence-electron chi connectivity index (χ2n) is 7.55. The van der Waals surface area contributed by atoms with Gasteiger partial charge in [0.2, 0.25) is 11.5 Å². The summed E-state index contributed by atoms with van der Waals surface area (Å²) in [6.45, 7) is 3.65. The Kier molecular flexibility index (Phi) is 9.13. The smallest absolute Gasteiger partial charge is 0.277 e. The quantitative estimate of drug-likeness (QED) is 0.247. The summed E-state index contributed by atoms with van der Waals surface area (Å²) >= 11 is 0. The van der Waals surface area contributed by atoms with Crippen molar-refractivity contribution in [2.45, 2.75) is 20.1 Å². The van der Waals surface area contributed by atoms with Gasteiger partial charge in [-0.1, -0.05) is 23.8 Å². The Bertz CT molecular complexity index is 1280. The number of nitrogens with zero attached hydrogens (tertiary/aromatic N) is 6. The van der Waals surface area contributed by atoms with E-state index in [0.717, 1.165) is 16.8 Å². The van der Waals surface area contributed by atoms with Gasteiger partial charge in [-0.2, -0.15) is 4.68 Å². The molecule has 2 heterocycles. The number of anilines is 1. The molecule has 0 fully saturated rings. The highest BCUT2D eigenvalue weighted by Crippen LogP contribution is 2.28. The van der Waals surface area contributed by atoms with Crippen molar-refractivity contribution >= 4 is 24.1 Å². The summed E-state index contributed by atoms with van der Waals surface area (Å²) in [6.07, 6.45) is 0. The number of tetrazole rings is 1. The van der Waals surface area contributed by atoms with Crippen LogP contribution in [0.25, 0.3) is 5.69 Å². The van der Waals surface area contributed by atoms with Crippen molar-refractivity contribution < 1.29 is 18.9 Å². The maximum absolute atomic E-state index is 11.9. The van der Waals surface area contributed by atoms with Gasteiger partial charge < -0.3 is 25.8 Å². The van der Waals surface area contributed by atoms with E-state index >= 15 is 0 Å². The van der Waals surface area contributed by atoms with Crippen molar-refractivity contribution in [1.82, 2.24) is 41.2 Å². The summed E-state index contributed by atoms with van der Waals surface area (Å²) in [5.41, 5.74) is 8.45. The monoisotopic (exact) mass is 515 g/mol. The Labute approximate surface area is 212 Å². The lowest BCUT2D eigenvalue weighted by molar-refractivity contribution is 0.0944. The summed E-state index contributed by atoms with van der Waals surface area (Å²) in [4.78, 5) is 11.9. The molecule has 4 rings (SSSR count). The van der Waals surface area contributed by atoms with Crippen molar-refractivity contribution in [2.24, 2.45) is 0 Å². The van der Waals surface area contributed by atoms with Gasteiger partial charge in [0.1, 0.15) is 0 Å². The van der Waals surface area contributed by atoms with Gasteiger partial charge in [-0.05, 0) is 57.5 Å². The minimum atomic E-state index is -0.442. The summed E-state index contributed by atoms with van der Waals surface area (Å²) < 4.78 is 17.5. The molecule has 2 aromatic heterocycles. The number of methoxy groups -OCH3 is 1. The first-order chi connectivity index (χ1) is 17.0. The van der Waals surface area contributed by atoms with Gasteiger partial charge in [-0.25, -0.2) is 4.63 Å². The molecule has 14 heteroatoms. The van der Waals surface area contributed by atoms with Gasteiger partial charge in [0.15, 0.2) is 23.9 Å². The fraction of sp³-hybridized carbons (Fsp3) is 0.273. The number of carbonyl (C=O) groups is 1. The molecule has 0 saturated heterocycles. The Morgan fingerprint density at radius 1 is 1.11 bits per heavy atom. The molecule has 4 N–H and O–H groups in total. The fourth-order valence-electron chi connectivity index (χ4n) is 3.20. The van der Waals surface area contributed by atoms with Gasteiger partial charge in [0.05, 0.1) is 12.8 Å². The molecule has 2 aromatic carbocycles. The van der Waals surface area contributed by atoms with E-state index in [1.165, 1.54) is 0 Å². The highest BCUT2D eigenvalue weighted by atomic mass is 35.5. The van der Waals surface area contributed by atoms with Crippen LogP contribution in [-0.4, -0.2) is 56.6 Å². The summed E-state index contributed by atoms with van der Waals surface area (Å²) in [6, 6.07) is 13.5. The number of nitrogen functional groups attached to an aromatic ring is 1. The molecular formula is C22H26ClN9O4. The van der Waals surface area contributed by atoms with Gasteiger partial charge in [-0.15, -0.1) is 17.5 Å². The van der Waals surface area contributed by atoms with E-state index in [-0.39, 0.29) is 30.5 Å². The van der Waals surface area contributed by atoms with Gasteiger partial charge in [0.25, 0.3) is 5.91 Å². The maximum atomic E-state index is 11.9. The number of amides is 1. The lowest BCUT2D eigenvalue weighted by atomic mass is 10.2. The Morgan fingerprint density at radius 3 is 2.64 bits per heavy atom. The van der Waals surface area contributed by atoms with E-state index in [4.69, 9.17) is 15.2 Å². The molecule has 0 atom stereocenters. The Hall–Kier alpha value is -4.23. The summed E-state index contributed by atoms with van der Waals surface area (Å²) in [5, 5.41) is 24.7. The molecule has 1 amide bonds. The van der Waals surface area contributed by atoms with Crippen LogP contribution in [0, 0.1) is 6.92 Å². The van der Waals surface area contributed by atoms with E-state index in [1.54, 1.807) is 11.8 Å². The predicted octanol–water partition coefficient (Wildman–Crippen LogP) is 1.46. The number of ether oxygens (including phenoxy) is 2. The van der Waals surface area contributed by atoms with Gasteiger partial charge in [-0.3, -0.25) is 4.79 Å². The largest absolute Gasteiger partial charge is 0.493 e. The topological polar surface area (TPSA) is 168 Å². The van der Waals surface area contributed by atoms with Crippen molar-refractivity contribution in [3.63, 3.8) is 0 Å². The van der Waals surface area contributed by atoms with E-state index in [9.17, 15) is 4.79 Å². The number of aromatic nitrogens is 6. The van der Waals surface area contributed by atoms with Crippen LogP contribution >= 0.6 is 12.4 Å². The molecule has 0 radical (unpaired) electrons. The lowest BCUT2D eigenvalue weighted by Crippen LogP contribution is -2.32. The molecule has 0 aliphatic heterocycles. The Morgan fingerprint density at radius 2 is 1.92 bits per heavy atom. The average molecular weight is 516 g/mol. The lowest BCUT2D eigenvalue weighted by Gasteiger charge is -2.13. The first-order valence-corrected chi connectivity index (χ1v) is 10.8. The fourth-order valence-corrected chi connectivity index (χ4v) is 3.20. The normalized spacial score (nSPS) is 10.5. The van der Waals surface area contributed by atoms with Crippen LogP contribution in [0.4, 0.5) is 5.82 Å². The third-order valence-corrected chi connectivity index (χ3v) is 5.04. The number of benzene rings is 2. The summed E-state index contributed by atoms with van der Waals surface area (Å²) in [7, 11) is 1.58. The second kappa shape index (κ2) is 12.5. The number of hydrogen-bond acceptors (Lipinski definition) is 11. The molecule has 190 valence electrons. The van der Waals surface area contributed by atoms with Gasteiger partial charge >= 0.3 is 0 Å². The third-order valence-electron chi connectivity index (χ3n) is 5.04. The zero-order valence-electron chi connectivity index (χ0n) is 19.7. The van der Waals surface area contributed by atoms with Gasteiger partial charge in [0, 0.05) is 19.6 Å². The van der Waals surface area contributed by atoms with E-state index < -0.39 is 5.91 Å². The molecule has 13 nitrogen and oxygen atoms in total. The van der Waals surface area contributed by atoms with Crippen LogP contribution in [0.2, 0.25) is 0 Å². The average Bonchev–Trinajstić information content (AvgIpc) is 3.52. The molecule has 0 bridgehead atoms. The third kappa shape index (κ3) is 6.46. The van der Waals surface area contributed by atoms with Crippen LogP contribution in [0.3, 0.4) is 0 Å². The molecule has 0 aliphatic rings. The first kappa shape index (κ1) is 26.4. The van der Waals surface area contributed by atoms with E-state index in [0.29, 0.717) is 37.0 Å². The molecule has 0 aliphatic carbocycles. The zero-order chi connectivity index (χ0) is 24.6. The van der Waals surface area contributed by atoms with E-state index in [2.05, 4.69) is 41.1 Å². The van der Waals surface area contributed by atoms with Crippen LogP contribution in [0.5, 0.6) is 11.5 Å². The molecule has 0 spiro atoms. The van der Waals surface area contributed by atoms with Crippen molar-refractivity contribution in [3.8, 4) is 17.2 Å². The zero-order valence-corrected chi connectivity index (χ0v) is 20.5. The standard InChI is InChI=1S/C22H25N9O4.ClH/c1-14-3-6-16(7-4-14)31-19(26-29-30-31)13-34-17-8-5-15(11-18(17)33-2)12-24-9-10-25-22(32)20-21(23)28-35-27-20;/h3-8,11,24H,9-10,12-13H2,1-2H3,(H2,23,28)(H,25,32);1H. The summed E-state index contributed by atoms with van der Waals surface area (Å²) in [5.74, 6) is 1.23. The number of nitrogens with two attached hydrogens (primary N) is 1. The van der Waals surface area contributed by atoms with E-state index in [1.807, 2.05) is 49.4 Å². The molecule has 4 aromatic rings. The molecule has 0 unspecified atom stereocenters. The van der Waals surface area contributed by atoms with Crippen molar-refractivity contribution in [2.75, 3.05) is 25.9 Å². The highest BCUT2D eigenvalue weighted by molar-refractivity contribution is 5.95. The minimum absolute atomic E-state index is 0. The first-order valence-electron chi connectivity index (χ1n) is 10.8. The number of aryl methyl sites for hydroxylation is 1. The van der Waals surface area contributed by atoms with Crippen molar-refractivity contribution in [3.05, 3.63) is 65.1 Å². The molecular weight excluding hydrogens is 490 g/mol. The van der Waals surface area contributed by atoms with Crippen LogP contribution < -0.4 is 25.8 Å². The second-order valence-corrected chi connectivity index (χ2v) is 7.55. The van der Waals surface area contributed by atoms with Crippen LogP contribution in [0.1, 0.15) is 27.4 Å². The number of carbonyl (C=O) groups excluding carboxylic acids is 1. The minimum Gasteiger partial charge on any atom is -0.493 e. The Balaban J connectivity index is 0.00000361. The van der Waals surface area contributed by atoms with Crippen LogP contribution in [0.15, 0.2) is 47.1 Å². The number of hydrogen-bond donors (Lipinski definition) is 3. The molecule has 36 heavy (non-hydrogen) atoms. The number of halogens is 1. The number of rotatable bonds is 11. The predicted molar refractivity (Wildman–Crippen MR) is 131 cm³/mol.